The molecule has 3 aromatic rings. The molecule has 0 saturated heterocycles. The first-order chi connectivity index (χ1) is 12.2. The van der Waals surface area contributed by atoms with E-state index >= 15 is 0 Å². The molecule has 0 fully saturated rings. The van der Waals surface area contributed by atoms with E-state index in [2.05, 4.69) is 9.97 Å². The van der Waals surface area contributed by atoms with Crippen molar-refractivity contribution in [2.24, 2.45) is 0 Å². The van der Waals surface area contributed by atoms with Crippen LogP contribution >= 0.6 is 0 Å². The van der Waals surface area contributed by atoms with Crippen molar-refractivity contribution in [2.75, 3.05) is 0 Å². The molecule has 0 aliphatic heterocycles. The molecular weight excluding hydrogens is 358 g/mol. The van der Waals surface area contributed by atoms with E-state index in [1.165, 1.54) is 30.6 Å². The van der Waals surface area contributed by atoms with Crippen molar-refractivity contribution in [1.82, 2.24) is 9.97 Å². The quantitative estimate of drug-likeness (QED) is 0.531. The lowest BCUT2D eigenvalue weighted by Crippen LogP contribution is -2.19. The molecular formula is C18H10F6N2. The summed E-state index contributed by atoms with van der Waals surface area (Å²) < 4.78 is 80.8. The van der Waals surface area contributed by atoms with Gasteiger partial charge >= 0.3 is 12.4 Å². The van der Waals surface area contributed by atoms with E-state index in [-0.39, 0.29) is 5.56 Å². The summed E-state index contributed by atoms with van der Waals surface area (Å²) in [7, 11) is 0. The number of rotatable bonds is 2. The number of alkyl halides is 6. The van der Waals surface area contributed by atoms with E-state index in [0.29, 0.717) is 11.6 Å². The summed E-state index contributed by atoms with van der Waals surface area (Å²) >= 11 is 0. The van der Waals surface area contributed by atoms with E-state index in [4.69, 9.17) is 0 Å². The van der Waals surface area contributed by atoms with Crippen molar-refractivity contribution in [3.8, 4) is 22.5 Å². The SMILES string of the molecule is FC(F)(F)c1ccc(-c2ccccc2)c(-c2ncccn2)c1C(F)(F)F. The number of aromatic nitrogens is 2. The zero-order chi connectivity index (χ0) is 18.9. The van der Waals surface area contributed by atoms with Crippen LogP contribution in [-0.4, -0.2) is 9.97 Å². The van der Waals surface area contributed by atoms with Gasteiger partial charge in [0.05, 0.1) is 11.1 Å². The highest BCUT2D eigenvalue weighted by molar-refractivity contribution is 5.84. The van der Waals surface area contributed by atoms with Gasteiger partial charge in [-0.2, -0.15) is 26.3 Å². The van der Waals surface area contributed by atoms with Crippen LogP contribution in [0.5, 0.6) is 0 Å². The molecule has 1 aromatic heterocycles. The van der Waals surface area contributed by atoms with Gasteiger partial charge in [-0.25, -0.2) is 9.97 Å². The molecule has 26 heavy (non-hydrogen) atoms. The lowest BCUT2D eigenvalue weighted by Gasteiger charge is -2.21. The van der Waals surface area contributed by atoms with E-state index in [1.54, 1.807) is 18.2 Å². The lowest BCUT2D eigenvalue weighted by atomic mass is 9.90. The first kappa shape index (κ1) is 17.9. The Bertz CT molecular complexity index is 903. The van der Waals surface area contributed by atoms with E-state index in [9.17, 15) is 26.3 Å². The van der Waals surface area contributed by atoms with Gasteiger partial charge in [-0.3, -0.25) is 0 Å². The zero-order valence-corrected chi connectivity index (χ0v) is 12.9. The van der Waals surface area contributed by atoms with Crippen molar-refractivity contribution in [3.63, 3.8) is 0 Å². The predicted molar refractivity (Wildman–Crippen MR) is 82.9 cm³/mol. The Morgan fingerprint density at radius 3 is 1.81 bits per heavy atom. The molecule has 0 N–H and O–H groups in total. The zero-order valence-electron chi connectivity index (χ0n) is 12.9. The Hall–Kier alpha value is -2.90. The summed E-state index contributed by atoms with van der Waals surface area (Å²) in [6.07, 6.45) is -8.07. The molecule has 8 heteroatoms. The molecule has 0 bridgehead atoms. The van der Waals surface area contributed by atoms with Crippen LogP contribution in [0.1, 0.15) is 11.1 Å². The molecule has 0 amide bonds. The van der Waals surface area contributed by atoms with Gasteiger partial charge in [0.2, 0.25) is 0 Å². The average Bonchev–Trinajstić information content (AvgIpc) is 2.60. The van der Waals surface area contributed by atoms with E-state index < -0.39 is 34.9 Å². The van der Waals surface area contributed by atoms with Crippen LogP contribution in [0.2, 0.25) is 0 Å². The molecule has 0 spiro atoms. The number of hydrogen-bond acceptors (Lipinski definition) is 2. The highest BCUT2D eigenvalue weighted by Gasteiger charge is 2.46. The summed E-state index contributed by atoms with van der Waals surface area (Å²) in [5, 5.41) is 0. The average molecular weight is 368 g/mol. The van der Waals surface area contributed by atoms with Crippen LogP contribution in [0.4, 0.5) is 26.3 Å². The van der Waals surface area contributed by atoms with Crippen LogP contribution in [0, 0.1) is 0 Å². The third-order valence-electron chi connectivity index (χ3n) is 3.67. The molecule has 1 heterocycles. The molecule has 2 nitrogen and oxygen atoms in total. The third-order valence-corrected chi connectivity index (χ3v) is 3.67. The standard InChI is InChI=1S/C18H10F6N2/c19-17(20,21)13-8-7-12(11-5-2-1-3-6-11)14(15(13)18(22,23)24)16-25-9-4-10-26-16/h1-10H. The summed E-state index contributed by atoms with van der Waals surface area (Å²) in [5.41, 5.74) is -3.96. The highest BCUT2D eigenvalue weighted by atomic mass is 19.4. The molecule has 0 aliphatic rings. The van der Waals surface area contributed by atoms with Gasteiger partial charge in [0.15, 0.2) is 5.82 Å². The Labute approximate surface area is 144 Å². The van der Waals surface area contributed by atoms with E-state index in [0.717, 1.165) is 6.07 Å². The fourth-order valence-corrected chi connectivity index (χ4v) is 2.65. The maximum Gasteiger partial charge on any atom is 0.417 e. The molecule has 3 rings (SSSR count). The first-order valence-electron chi connectivity index (χ1n) is 7.34. The molecule has 2 aromatic carbocycles. The maximum atomic E-state index is 13.7. The normalized spacial score (nSPS) is 12.2. The Morgan fingerprint density at radius 2 is 1.27 bits per heavy atom. The summed E-state index contributed by atoms with van der Waals surface area (Å²) in [4.78, 5) is 7.51. The van der Waals surface area contributed by atoms with Gasteiger partial charge in [0.1, 0.15) is 0 Å². The van der Waals surface area contributed by atoms with Crippen LogP contribution in [0.15, 0.2) is 60.9 Å². The topological polar surface area (TPSA) is 25.8 Å². The number of nitrogens with zero attached hydrogens (tertiary/aromatic N) is 2. The highest BCUT2D eigenvalue weighted by Crippen LogP contribution is 2.47. The van der Waals surface area contributed by atoms with Crippen LogP contribution in [-0.2, 0) is 12.4 Å². The predicted octanol–water partition coefficient (Wildman–Crippen LogP) is 5.85. The van der Waals surface area contributed by atoms with Crippen LogP contribution in [0.25, 0.3) is 22.5 Å². The van der Waals surface area contributed by atoms with Crippen LogP contribution < -0.4 is 0 Å². The second kappa shape index (κ2) is 6.44. The van der Waals surface area contributed by atoms with Crippen molar-refractivity contribution < 1.29 is 26.3 Å². The maximum absolute atomic E-state index is 13.7. The van der Waals surface area contributed by atoms with Crippen molar-refractivity contribution in [1.29, 1.82) is 0 Å². The summed E-state index contributed by atoms with van der Waals surface area (Å²) in [6.45, 7) is 0. The minimum atomic E-state index is -5.25. The lowest BCUT2D eigenvalue weighted by molar-refractivity contribution is -0.161. The summed E-state index contributed by atoms with van der Waals surface area (Å²) in [6, 6.07) is 10.6. The smallest absolute Gasteiger partial charge is 0.237 e. The fraction of sp³-hybridized carbons (Fsp3) is 0.111. The molecule has 0 aliphatic carbocycles. The van der Waals surface area contributed by atoms with Crippen molar-refractivity contribution in [2.45, 2.75) is 12.4 Å². The molecule has 0 unspecified atom stereocenters. The van der Waals surface area contributed by atoms with E-state index in [1.807, 2.05) is 0 Å². The monoisotopic (exact) mass is 368 g/mol. The van der Waals surface area contributed by atoms with Gasteiger partial charge in [0.25, 0.3) is 0 Å². The van der Waals surface area contributed by atoms with Gasteiger partial charge < -0.3 is 0 Å². The third kappa shape index (κ3) is 3.40. The fourth-order valence-electron chi connectivity index (χ4n) is 2.65. The number of hydrogen-bond donors (Lipinski definition) is 0. The largest absolute Gasteiger partial charge is 0.417 e. The second-order valence-corrected chi connectivity index (χ2v) is 5.34. The first-order valence-corrected chi connectivity index (χ1v) is 7.34. The number of benzene rings is 2. The molecule has 134 valence electrons. The number of halogens is 6. The van der Waals surface area contributed by atoms with Crippen molar-refractivity contribution in [3.05, 3.63) is 72.1 Å². The van der Waals surface area contributed by atoms with Crippen molar-refractivity contribution >= 4 is 0 Å². The molecule has 0 radical (unpaired) electrons. The minimum Gasteiger partial charge on any atom is -0.237 e. The van der Waals surface area contributed by atoms with Gasteiger partial charge in [-0.05, 0) is 23.3 Å². The second-order valence-electron chi connectivity index (χ2n) is 5.34. The molecule has 0 atom stereocenters. The molecule has 0 saturated carbocycles. The Kier molecular flexibility index (Phi) is 4.43. The van der Waals surface area contributed by atoms with Gasteiger partial charge in [-0.1, -0.05) is 36.4 Å². The van der Waals surface area contributed by atoms with Gasteiger partial charge in [-0.15, -0.1) is 0 Å². The Morgan fingerprint density at radius 1 is 0.654 bits per heavy atom. The van der Waals surface area contributed by atoms with Crippen LogP contribution in [0.3, 0.4) is 0 Å². The minimum absolute atomic E-state index is 0.0304. The summed E-state index contributed by atoms with van der Waals surface area (Å²) in [5.74, 6) is -0.426. The Balaban J connectivity index is 2.45. The van der Waals surface area contributed by atoms with Gasteiger partial charge in [0, 0.05) is 18.0 Å².